The Labute approximate surface area is 134 Å². The molecule has 1 aliphatic rings. The van der Waals surface area contributed by atoms with Crippen molar-refractivity contribution in [2.45, 2.75) is 18.9 Å². The predicted molar refractivity (Wildman–Crippen MR) is 87.6 cm³/mol. The molecular weight excluding hydrogens is 300 g/mol. The van der Waals surface area contributed by atoms with Crippen molar-refractivity contribution in [3.05, 3.63) is 47.1 Å². The lowest BCUT2D eigenvalue weighted by Crippen LogP contribution is -2.41. The molecule has 1 fully saturated rings. The highest BCUT2D eigenvalue weighted by Gasteiger charge is 2.20. The lowest BCUT2D eigenvalue weighted by Gasteiger charge is -2.29. The second-order valence-corrected chi connectivity index (χ2v) is 5.92. The summed E-state index contributed by atoms with van der Waals surface area (Å²) < 4.78 is 0. The van der Waals surface area contributed by atoms with Crippen LogP contribution in [0.4, 0.5) is 0 Å². The minimum atomic E-state index is -0.410. The van der Waals surface area contributed by atoms with Gasteiger partial charge in [0, 0.05) is 29.6 Å². The van der Waals surface area contributed by atoms with Crippen LogP contribution in [0.5, 0.6) is 0 Å². The number of benzene rings is 1. The van der Waals surface area contributed by atoms with Gasteiger partial charge in [-0.05, 0) is 37.1 Å². The Hall–Kier alpha value is -1.91. The molecule has 5 heteroatoms. The zero-order valence-corrected chi connectivity index (χ0v) is 12.8. The summed E-state index contributed by atoms with van der Waals surface area (Å²) >= 11 is 5.97. The van der Waals surface area contributed by atoms with Crippen LogP contribution in [0.25, 0.3) is 17.0 Å². The molecule has 1 amide bonds. The van der Waals surface area contributed by atoms with Crippen molar-refractivity contribution in [2.75, 3.05) is 13.1 Å². The zero-order valence-electron chi connectivity index (χ0n) is 12.1. The Bertz CT molecular complexity index is 730. The fraction of sp³-hybridized carbons (Fsp3) is 0.294. The van der Waals surface area contributed by atoms with Gasteiger partial charge in [-0.1, -0.05) is 23.7 Å². The van der Waals surface area contributed by atoms with Crippen LogP contribution in [0, 0.1) is 0 Å². The van der Waals surface area contributed by atoms with Gasteiger partial charge < -0.3 is 10.0 Å². The quantitative estimate of drug-likeness (QED) is 0.867. The van der Waals surface area contributed by atoms with E-state index in [1.807, 2.05) is 24.3 Å². The number of amides is 1. The number of hydrogen-bond donors (Lipinski definition) is 1. The number of likely N-dealkylation sites (tertiary alicyclic amines) is 1. The molecule has 0 aliphatic carbocycles. The lowest BCUT2D eigenvalue weighted by atomic mass is 10.1. The summed E-state index contributed by atoms with van der Waals surface area (Å²) in [5.41, 5.74) is 1.51. The number of pyridine rings is 1. The lowest BCUT2D eigenvalue weighted by molar-refractivity contribution is -0.128. The van der Waals surface area contributed by atoms with Crippen molar-refractivity contribution in [3.8, 4) is 0 Å². The van der Waals surface area contributed by atoms with E-state index in [1.54, 1.807) is 17.0 Å². The van der Waals surface area contributed by atoms with Crippen molar-refractivity contribution in [1.82, 2.24) is 9.88 Å². The molecule has 1 unspecified atom stereocenters. The first-order valence-corrected chi connectivity index (χ1v) is 7.71. The van der Waals surface area contributed by atoms with Gasteiger partial charge >= 0.3 is 0 Å². The Balaban J connectivity index is 1.75. The number of carbonyl (C=O) groups excluding carboxylic acids is 1. The van der Waals surface area contributed by atoms with Gasteiger partial charge in [0.1, 0.15) is 0 Å². The molecule has 0 bridgehead atoms. The Morgan fingerprint density at radius 1 is 1.36 bits per heavy atom. The summed E-state index contributed by atoms with van der Waals surface area (Å²) in [4.78, 5) is 18.3. The van der Waals surface area contributed by atoms with E-state index >= 15 is 0 Å². The van der Waals surface area contributed by atoms with Gasteiger partial charge in [0.05, 0.1) is 17.3 Å². The molecule has 2 heterocycles. The van der Waals surface area contributed by atoms with Crippen LogP contribution in [-0.4, -0.2) is 40.1 Å². The number of hydrogen-bond acceptors (Lipinski definition) is 3. The maximum atomic E-state index is 12.1. The molecular formula is C17H17ClN2O2. The first-order valence-electron chi connectivity index (χ1n) is 7.33. The summed E-state index contributed by atoms with van der Waals surface area (Å²) in [5.74, 6) is -0.0910. The van der Waals surface area contributed by atoms with E-state index in [-0.39, 0.29) is 5.91 Å². The highest BCUT2D eigenvalue weighted by molar-refractivity contribution is 6.31. The third-order valence-corrected chi connectivity index (χ3v) is 4.02. The second kappa shape index (κ2) is 6.46. The molecule has 4 nitrogen and oxygen atoms in total. The van der Waals surface area contributed by atoms with Crippen LogP contribution in [0.2, 0.25) is 5.02 Å². The van der Waals surface area contributed by atoms with E-state index in [4.69, 9.17) is 11.6 Å². The second-order valence-electron chi connectivity index (χ2n) is 5.49. The summed E-state index contributed by atoms with van der Waals surface area (Å²) in [6, 6.07) is 9.36. The average Bonchev–Trinajstić information content (AvgIpc) is 2.52. The maximum Gasteiger partial charge on any atom is 0.246 e. The molecule has 1 atom stereocenters. The number of aliphatic hydroxyl groups excluding tert-OH is 1. The van der Waals surface area contributed by atoms with E-state index in [0.29, 0.717) is 23.8 Å². The smallest absolute Gasteiger partial charge is 0.246 e. The topological polar surface area (TPSA) is 53.4 Å². The number of β-amino-alcohol motifs (C(OH)–C–C–N with tert-alkyl or cyclic N) is 1. The van der Waals surface area contributed by atoms with Crippen LogP contribution in [0.15, 0.2) is 36.4 Å². The van der Waals surface area contributed by atoms with Gasteiger partial charge in [-0.2, -0.15) is 0 Å². The van der Waals surface area contributed by atoms with Crippen LogP contribution >= 0.6 is 11.6 Å². The summed E-state index contributed by atoms with van der Waals surface area (Å²) in [5, 5.41) is 11.3. The van der Waals surface area contributed by atoms with Crippen LogP contribution in [-0.2, 0) is 4.79 Å². The van der Waals surface area contributed by atoms with Crippen molar-refractivity contribution < 1.29 is 9.90 Å². The Kier molecular flexibility index (Phi) is 4.41. The maximum absolute atomic E-state index is 12.1. The number of rotatable bonds is 2. The predicted octanol–water partition coefficient (Wildman–Crippen LogP) is 2.88. The van der Waals surface area contributed by atoms with Gasteiger partial charge in [-0.3, -0.25) is 4.79 Å². The monoisotopic (exact) mass is 316 g/mol. The third-order valence-electron chi connectivity index (χ3n) is 3.78. The highest BCUT2D eigenvalue weighted by Crippen LogP contribution is 2.18. The van der Waals surface area contributed by atoms with Gasteiger partial charge in [-0.25, -0.2) is 4.98 Å². The van der Waals surface area contributed by atoms with Gasteiger partial charge in [0.25, 0.3) is 0 Å². The van der Waals surface area contributed by atoms with Crippen LogP contribution < -0.4 is 0 Å². The molecule has 0 radical (unpaired) electrons. The van der Waals surface area contributed by atoms with Crippen molar-refractivity contribution in [3.63, 3.8) is 0 Å². The minimum absolute atomic E-state index is 0.0910. The number of halogens is 1. The van der Waals surface area contributed by atoms with Crippen molar-refractivity contribution in [1.29, 1.82) is 0 Å². The molecule has 1 aromatic carbocycles. The molecule has 114 valence electrons. The number of carbonyl (C=O) groups is 1. The van der Waals surface area contributed by atoms with Gasteiger partial charge in [-0.15, -0.1) is 0 Å². The first-order chi connectivity index (χ1) is 10.6. The number of aromatic nitrogens is 1. The standard InChI is InChI=1S/C17H17ClN2O2/c18-13-5-3-12-4-6-14(19-16(12)10-13)7-8-17(22)20-9-1-2-15(21)11-20/h3-8,10,15,21H,1-2,9,11H2/b8-7+. The number of nitrogens with zero attached hydrogens (tertiary/aromatic N) is 2. The normalized spacial score (nSPS) is 19.0. The summed E-state index contributed by atoms with van der Waals surface area (Å²) in [6.07, 6.45) is 4.40. The van der Waals surface area contributed by atoms with Gasteiger partial charge in [0.15, 0.2) is 0 Å². The Morgan fingerprint density at radius 2 is 2.18 bits per heavy atom. The van der Waals surface area contributed by atoms with Crippen molar-refractivity contribution >= 4 is 34.5 Å². The van der Waals surface area contributed by atoms with E-state index in [2.05, 4.69) is 4.98 Å². The van der Waals surface area contributed by atoms with Crippen molar-refractivity contribution in [2.24, 2.45) is 0 Å². The largest absolute Gasteiger partial charge is 0.391 e. The Morgan fingerprint density at radius 3 is 3.00 bits per heavy atom. The molecule has 1 N–H and O–H groups in total. The number of aliphatic hydroxyl groups is 1. The number of fused-ring (bicyclic) bond motifs is 1. The summed E-state index contributed by atoms with van der Waals surface area (Å²) in [7, 11) is 0. The SMILES string of the molecule is O=C(/C=C/c1ccc2ccc(Cl)cc2n1)N1CCCC(O)C1. The molecule has 0 spiro atoms. The fourth-order valence-electron chi connectivity index (χ4n) is 2.62. The molecule has 3 rings (SSSR count). The molecule has 1 saturated heterocycles. The molecule has 22 heavy (non-hydrogen) atoms. The van der Waals surface area contributed by atoms with E-state index in [9.17, 15) is 9.90 Å². The zero-order chi connectivity index (χ0) is 15.5. The van der Waals surface area contributed by atoms with E-state index < -0.39 is 6.10 Å². The highest BCUT2D eigenvalue weighted by atomic mass is 35.5. The van der Waals surface area contributed by atoms with E-state index in [0.717, 1.165) is 23.7 Å². The van der Waals surface area contributed by atoms with Crippen LogP contribution in [0.3, 0.4) is 0 Å². The third kappa shape index (κ3) is 3.46. The van der Waals surface area contributed by atoms with Crippen LogP contribution in [0.1, 0.15) is 18.5 Å². The fourth-order valence-corrected chi connectivity index (χ4v) is 2.78. The van der Waals surface area contributed by atoms with Gasteiger partial charge in [0.2, 0.25) is 5.91 Å². The molecule has 0 saturated carbocycles. The average molecular weight is 317 g/mol. The number of piperidine rings is 1. The molecule has 1 aliphatic heterocycles. The van der Waals surface area contributed by atoms with E-state index in [1.165, 1.54) is 6.08 Å². The molecule has 1 aromatic heterocycles. The first kappa shape index (κ1) is 15.0. The molecule has 2 aromatic rings. The summed E-state index contributed by atoms with van der Waals surface area (Å²) in [6.45, 7) is 1.10. The minimum Gasteiger partial charge on any atom is -0.391 e.